The van der Waals surface area contributed by atoms with Crippen molar-refractivity contribution >= 4 is 29.8 Å². The number of hydroxylamine groups is 2. The molecule has 3 saturated heterocycles. The normalized spacial score (nSPS) is 27.7. The first-order chi connectivity index (χ1) is 26.8. The van der Waals surface area contributed by atoms with Crippen LogP contribution >= 0.6 is 0 Å². The van der Waals surface area contributed by atoms with E-state index in [2.05, 4.69) is 10.6 Å². The van der Waals surface area contributed by atoms with Crippen LogP contribution < -0.4 is 10.6 Å². The SMILES string of the molecule is CC(C)(C)OC(=O)CCC(CO)NC(=O)CCNC(=O)C12CC3OC(=O)C1N(Cc1cccc(C=COCCO)c1)OC2C1OC2(Cc4ccccc4C2)OC31. The predicted molar refractivity (Wildman–Crippen MR) is 198 cm³/mol. The molecule has 1 saturated carbocycles. The first kappa shape index (κ1) is 39.8. The fourth-order valence-corrected chi connectivity index (χ4v) is 8.63. The monoisotopic (exact) mass is 777 g/mol. The second-order valence-electron chi connectivity index (χ2n) is 16.1. The van der Waals surface area contributed by atoms with Gasteiger partial charge in [0.25, 0.3) is 0 Å². The Morgan fingerprint density at radius 3 is 2.50 bits per heavy atom. The molecule has 15 heteroatoms. The molecule has 15 nitrogen and oxygen atoms in total. The van der Waals surface area contributed by atoms with Crippen molar-refractivity contribution in [2.45, 2.75) is 114 Å². The second-order valence-corrected chi connectivity index (χ2v) is 16.1. The minimum Gasteiger partial charge on any atom is -0.499 e. The molecule has 7 unspecified atom stereocenters. The van der Waals surface area contributed by atoms with Crippen LogP contribution in [0.2, 0.25) is 0 Å². The van der Waals surface area contributed by atoms with E-state index in [0.717, 1.165) is 22.3 Å². The lowest BCUT2D eigenvalue weighted by Crippen LogP contribution is -2.69. The van der Waals surface area contributed by atoms with E-state index in [4.69, 9.17) is 33.6 Å². The average molecular weight is 778 g/mol. The van der Waals surface area contributed by atoms with Crippen LogP contribution in [0.4, 0.5) is 0 Å². The highest BCUT2D eigenvalue weighted by atomic mass is 16.8. The number of hydrogen-bond donors (Lipinski definition) is 4. The summed E-state index contributed by atoms with van der Waals surface area (Å²) < 4.78 is 30.2. The van der Waals surface area contributed by atoms with Gasteiger partial charge >= 0.3 is 11.9 Å². The zero-order valence-electron chi connectivity index (χ0n) is 31.9. The van der Waals surface area contributed by atoms with Gasteiger partial charge in [0, 0.05) is 38.6 Å². The van der Waals surface area contributed by atoms with Crippen LogP contribution in [0.5, 0.6) is 0 Å². The smallest absolute Gasteiger partial charge is 0.327 e. The number of nitrogens with one attached hydrogen (secondary N) is 2. The Hall–Kier alpha value is -4.38. The Morgan fingerprint density at radius 1 is 1.04 bits per heavy atom. The van der Waals surface area contributed by atoms with Crippen LogP contribution in [-0.2, 0) is 67.1 Å². The number of carbonyl (C=O) groups excluding carboxylic acids is 4. The number of benzene rings is 2. The molecule has 4 fully saturated rings. The number of nitrogens with zero attached hydrogens (tertiary/aromatic N) is 1. The van der Waals surface area contributed by atoms with Gasteiger partial charge in [-0.1, -0.05) is 48.5 Å². The van der Waals surface area contributed by atoms with Crippen molar-refractivity contribution in [3.8, 4) is 0 Å². The fourth-order valence-electron chi connectivity index (χ4n) is 8.63. The molecule has 2 amide bonds. The summed E-state index contributed by atoms with van der Waals surface area (Å²) in [5.41, 5.74) is 1.73. The Morgan fingerprint density at radius 2 is 1.79 bits per heavy atom. The number of amides is 2. The van der Waals surface area contributed by atoms with E-state index in [1.54, 1.807) is 26.8 Å². The summed E-state index contributed by atoms with van der Waals surface area (Å²) in [5, 5.41) is 26.0. The molecule has 1 spiro atoms. The molecule has 302 valence electrons. The first-order valence-corrected chi connectivity index (χ1v) is 19.3. The third-order valence-electron chi connectivity index (χ3n) is 10.9. The molecular formula is C41H51N3O12. The van der Waals surface area contributed by atoms with Gasteiger partial charge in [0.1, 0.15) is 42.0 Å². The summed E-state index contributed by atoms with van der Waals surface area (Å²) >= 11 is 0. The molecule has 4 N–H and O–H groups in total. The van der Waals surface area contributed by atoms with Crippen molar-refractivity contribution < 1.29 is 57.9 Å². The zero-order valence-corrected chi connectivity index (χ0v) is 31.9. The molecule has 0 aromatic heterocycles. The molecular weight excluding hydrogens is 726 g/mol. The molecule has 7 rings (SSSR count). The van der Waals surface area contributed by atoms with E-state index in [9.17, 15) is 24.3 Å². The van der Waals surface area contributed by atoms with Gasteiger partial charge in [-0.3, -0.25) is 24.0 Å². The minimum atomic E-state index is -1.44. The van der Waals surface area contributed by atoms with E-state index < -0.39 is 77.1 Å². The third kappa shape index (κ3) is 8.20. The average Bonchev–Trinajstić information content (AvgIpc) is 3.82. The van der Waals surface area contributed by atoms with Crippen LogP contribution in [0, 0.1) is 5.41 Å². The molecule has 5 aliphatic rings. The van der Waals surface area contributed by atoms with Crippen LogP contribution in [0.3, 0.4) is 0 Å². The molecule has 2 aromatic rings. The Balaban J connectivity index is 1.08. The lowest BCUT2D eigenvalue weighted by Gasteiger charge is -2.48. The van der Waals surface area contributed by atoms with Crippen molar-refractivity contribution in [3.63, 3.8) is 0 Å². The summed E-state index contributed by atoms with van der Waals surface area (Å²) in [6.07, 6.45) is 1.35. The zero-order chi connectivity index (χ0) is 39.7. The quantitative estimate of drug-likeness (QED) is 0.117. The third-order valence-corrected chi connectivity index (χ3v) is 10.9. The highest BCUT2D eigenvalue weighted by molar-refractivity contribution is 5.94. The van der Waals surface area contributed by atoms with E-state index >= 15 is 0 Å². The van der Waals surface area contributed by atoms with E-state index in [-0.39, 0.29) is 58.6 Å². The van der Waals surface area contributed by atoms with Gasteiger partial charge in [-0.15, -0.1) is 0 Å². The predicted octanol–water partition coefficient (Wildman–Crippen LogP) is 1.85. The topological polar surface area (TPSA) is 191 Å². The summed E-state index contributed by atoms with van der Waals surface area (Å²) in [6.45, 7) is 5.04. The van der Waals surface area contributed by atoms with Crippen LogP contribution in [0.25, 0.3) is 6.08 Å². The maximum atomic E-state index is 14.6. The van der Waals surface area contributed by atoms with Crippen molar-refractivity contribution in [2.75, 3.05) is 26.4 Å². The summed E-state index contributed by atoms with van der Waals surface area (Å²) in [5.74, 6) is -2.95. The number of ether oxygens (including phenoxy) is 5. The molecule has 2 aromatic carbocycles. The van der Waals surface area contributed by atoms with Crippen LogP contribution in [-0.4, -0.2) is 113 Å². The van der Waals surface area contributed by atoms with Crippen LogP contribution in [0.15, 0.2) is 54.8 Å². The van der Waals surface area contributed by atoms with Gasteiger partial charge in [-0.05, 0) is 55.5 Å². The standard InChI is InChI=1S/C41H51N3O12/c1-39(2,3)53-32(48)12-11-29(24-46)43-31(47)13-15-42-38(50)41-22-30-33-34(55-40(54-33)20-27-9-4-5-10-28(27)21-40)36(41)56-44(35(41)37(49)52-30)23-26-8-6-7-25(19-26)14-17-51-18-16-45/h4-10,14,17,19,29-30,33-36,45-46H,11-13,15-16,18,20-24H2,1-3H3,(H,42,50)(H,43,47). The number of esters is 2. The summed E-state index contributed by atoms with van der Waals surface area (Å²) in [4.78, 5) is 60.5. The van der Waals surface area contributed by atoms with Crippen molar-refractivity contribution in [1.82, 2.24) is 15.7 Å². The molecule has 3 aliphatic heterocycles. The van der Waals surface area contributed by atoms with Crippen molar-refractivity contribution in [1.29, 1.82) is 0 Å². The van der Waals surface area contributed by atoms with E-state index in [1.807, 2.05) is 48.5 Å². The van der Waals surface area contributed by atoms with Crippen molar-refractivity contribution in [2.24, 2.45) is 5.41 Å². The summed E-state index contributed by atoms with van der Waals surface area (Å²) in [7, 11) is 0. The second kappa shape index (κ2) is 16.2. The largest absolute Gasteiger partial charge is 0.499 e. The molecule has 56 heavy (non-hydrogen) atoms. The minimum absolute atomic E-state index is 0.0138. The lowest BCUT2D eigenvalue weighted by molar-refractivity contribution is -0.217. The van der Waals surface area contributed by atoms with E-state index in [1.165, 1.54) is 11.3 Å². The van der Waals surface area contributed by atoms with Gasteiger partial charge < -0.3 is 44.5 Å². The van der Waals surface area contributed by atoms with Gasteiger partial charge in [-0.25, -0.2) is 0 Å². The maximum Gasteiger partial charge on any atom is 0.327 e. The number of aliphatic hydroxyl groups is 2. The van der Waals surface area contributed by atoms with Gasteiger partial charge in [-0.2, -0.15) is 5.06 Å². The number of aliphatic hydroxyl groups excluding tert-OH is 2. The van der Waals surface area contributed by atoms with Gasteiger partial charge in [0.15, 0.2) is 11.8 Å². The Bertz CT molecular complexity index is 1800. The van der Waals surface area contributed by atoms with Crippen molar-refractivity contribution in [3.05, 3.63) is 77.0 Å². The fraction of sp³-hybridized carbons (Fsp3) is 0.561. The lowest BCUT2D eigenvalue weighted by atomic mass is 9.62. The van der Waals surface area contributed by atoms with Gasteiger partial charge in [0.05, 0.1) is 32.1 Å². The highest BCUT2D eigenvalue weighted by Gasteiger charge is 2.76. The molecule has 3 heterocycles. The summed E-state index contributed by atoms with van der Waals surface area (Å²) in [6, 6.07) is 13.7. The molecule has 0 radical (unpaired) electrons. The molecule has 2 aliphatic carbocycles. The number of rotatable bonds is 15. The number of carbonyl (C=O) groups is 4. The Labute approximate surface area is 325 Å². The maximum absolute atomic E-state index is 14.6. The Kier molecular flexibility index (Phi) is 11.5. The van der Waals surface area contributed by atoms with Crippen LogP contribution in [0.1, 0.15) is 68.7 Å². The molecule has 2 bridgehead atoms. The molecule has 7 atom stereocenters. The number of hydrogen-bond acceptors (Lipinski definition) is 13. The van der Waals surface area contributed by atoms with Gasteiger partial charge in [0.2, 0.25) is 11.8 Å². The first-order valence-electron chi connectivity index (χ1n) is 19.3. The number of fused-ring (bicyclic) bond motifs is 5. The van der Waals surface area contributed by atoms with E-state index in [0.29, 0.717) is 12.8 Å². The highest BCUT2D eigenvalue weighted by Crippen LogP contribution is 2.58.